The zero-order valence-corrected chi connectivity index (χ0v) is 20.4. The summed E-state index contributed by atoms with van der Waals surface area (Å²) in [4.78, 5) is 12.2. The summed E-state index contributed by atoms with van der Waals surface area (Å²) >= 11 is 5.32. The molecule has 0 aromatic heterocycles. The molecule has 0 saturated heterocycles. The molecule has 1 amide bonds. The van der Waals surface area contributed by atoms with Crippen LogP contribution in [-0.2, 0) is 4.79 Å². The van der Waals surface area contributed by atoms with Crippen molar-refractivity contribution in [1.82, 2.24) is 10.6 Å². The van der Waals surface area contributed by atoms with Crippen LogP contribution in [0.15, 0.2) is 42.5 Å². The number of rotatable bonds is 11. The Morgan fingerprint density at radius 2 is 1.55 bits per heavy atom. The number of hydrogen-bond acceptors (Lipinski definition) is 6. The van der Waals surface area contributed by atoms with Gasteiger partial charge in [-0.2, -0.15) is 0 Å². The van der Waals surface area contributed by atoms with Gasteiger partial charge in [-0.3, -0.25) is 4.79 Å². The average molecular weight is 474 g/mol. The van der Waals surface area contributed by atoms with E-state index in [0.29, 0.717) is 35.5 Å². The zero-order chi connectivity index (χ0) is 24.2. The van der Waals surface area contributed by atoms with Crippen molar-refractivity contribution in [3.05, 3.63) is 48.0 Å². The number of carbonyl (C=O) groups is 1. The van der Waals surface area contributed by atoms with E-state index in [2.05, 4.69) is 16.0 Å². The van der Waals surface area contributed by atoms with E-state index in [1.807, 2.05) is 31.2 Å². The highest BCUT2D eigenvalue weighted by molar-refractivity contribution is 7.80. The smallest absolute Gasteiger partial charge is 0.244 e. The molecule has 0 aliphatic rings. The van der Waals surface area contributed by atoms with Crippen LogP contribution in [0.3, 0.4) is 0 Å². The van der Waals surface area contributed by atoms with E-state index >= 15 is 0 Å². The molecule has 3 N–H and O–H groups in total. The lowest BCUT2D eigenvalue weighted by atomic mass is 10.1. The van der Waals surface area contributed by atoms with Crippen molar-refractivity contribution in [2.75, 3.05) is 46.8 Å². The lowest BCUT2D eigenvalue weighted by Crippen LogP contribution is -2.36. The molecule has 0 fully saturated rings. The van der Waals surface area contributed by atoms with E-state index in [9.17, 15) is 4.79 Å². The topological polar surface area (TPSA) is 90.1 Å². The Morgan fingerprint density at radius 3 is 2.09 bits per heavy atom. The molecule has 33 heavy (non-hydrogen) atoms. The van der Waals surface area contributed by atoms with Crippen LogP contribution < -0.4 is 34.9 Å². The molecule has 0 bridgehead atoms. The van der Waals surface area contributed by atoms with Crippen molar-refractivity contribution in [1.29, 1.82) is 0 Å². The standard InChI is InChI=1S/C24H31N3O5S/c1-16(15-26-24(33)27-18-7-9-19(29-2)10-8-18)14-25-22(28)11-6-17-12-20(30-3)23(32-5)21(13-17)31-4/h6-13,16H,14-15H2,1-5H3,(H,25,28)(H2,26,27,33)/b11-6+. The van der Waals surface area contributed by atoms with Crippen LogP contribution in [0, 0.1) is 5.92 Å². The maximum absolute atomic E-state index is 12.2. The molecule has 2 aromatic carbocycles. The van der Waals surface area contributed by atoms with Gasteiger partial charge in [0, 0.05) is 24.9 Å². The maximum Gasteiger partial charge on any atom is 0.244 e. The van der Waals surface area contributed by atoms with Gasteiger partial charge in [-0.25, -0.2) is 0 Å². The number of amides is 1. The first-order valence-electron chi connectivity index (χ1n) is 10.3. The van der Waals surface area contributed by atoms with Gasteiger partial charge in [0.25, 0.3) is 0 Å². The van der Waals surface area contributed by atoms with Crippen molar-refractivity contribution in [2.45, 2.75) is 6.92 Å². The summed E-state index contributed by atoms with van der Waals surface area (Å²) in [5.74, 6) is 2.30. The van der Waals surface area contributed by atoms with Crippen molar-refractivity contribution in [3.8, 4) is 23.0 Å². The Labute approximate surface area is 200 Å². The third-order valence-corrected chi connectivity index (χ3v) is 4.94. The number of carbonyl (C=O) groups excluding carboxylic acids is 1. The molecule has 1 atom stereocenters. The Hall–Kier alpha value is -3.46. The second kappa shape index (κ2) is 13.2. The van der Waals surface area contributed by atoms with Gasteiger partial charge in [-0.1, -0.05) is 6.92 Å². The number of anilines is 1. The molecule has 0 radical (unpaired) electrons. The number of ether oxygens (including phenoxy) is 4. The first kappa shape index (κ1) is 25.8. The molecule has 178 valence electrons. The van der Waals surface area contributed by atoms with Crippen LogP contribution in [0.1, 0.15) is 12.5 Å². The van der Waals surface area contributed by atoms with Crippen LogP contribution in [-0.4, -0.2) is 52.5 Å². The Bertz CT molecular complexity index is 938. The minimum absolute atomic E-state index is 0.166. The number of benzene rings is 2. The fourth-order valence-corrected chi connectivity index (χ4v) is 3.09. The normalized spacial score (nSPS) is 11.4. The summed E-state index contributed by atoms with van der Waals surface area (Å²) in [6.07, 6.45) is 3.16. The van der Waals surface area contributed by atoms with Crippen LogP contribution in [0.5, 0.6) is 23.0 Å². The lowest BCUT2D eigenvalue weighted by Gasteiger charge is -2.15. The number of hydrogen-bond donors (Lipinski definition) is 3. The summed E-state index contributed by atoms with van der Waals surface area (Å²) in [5, 5.41) is 9.68. The first-order chi connectivity index (χ1) is 15.9. The zero-order valence-electron chi connectivity index (χ0n) is 19.6. The number of methoxy groups -OCH3 is 4. The van der Waals surface area contributed by atoms with Gasteiger partial charge in [0.15, 0.2) is 16.6 Å². The molecule has 1 unspecified atom stereocenters. The monoisotopic (exact) mass is 473 g/mol. The van der Waals surface area contributed by atoms with E-state index in [4.69, 9.17) is 31.2 Å². The molecule has 2 rings (SSSR count). The maximum atomic E-state index is 12.2. The quantitative estimate of drug-likeness (QED) is 0.338. The van der Waals surface area contributed by atoms with Crippen LogP contribution in [0.4, 0.5) is 5.69 Å². The fourth-order valence-electron chi connectivity index (χ4n) is 2.89. The van der Waals surface area contributed by atoms with E-state index in [1.54, 1.807) is 46.6 Å². The van der Waals surface area contributed by atoms with Crippen molar-refractivity contribution >= 4 is 35.0 Å². The van der Waals surface area contributed by atoms with E-state index < -0.39 is 0 Å². The van der Waals surface area contributed by atoms with Gasteiger partial charge in [-0.05, 0) is 66.2 Å². The van der Waals surface area contributed by atoms with Gasteiger partial charge < -0.3 is 34.9 Å². The Kier molecular flexibility index (Phi) is 10.3. The highest BCUT2D eigenvalue weighted by Gasteiger charge is 2.12. The molecular weight excluding hydrogens is 442 g/mol. The second-order valence-electron chi connectivity index (χ2n) is 7.21. The second-order valence-corrected chi connectivity index (χ2v) is 7.61. The molecule has 0 aliphatic heterocycles. The molecule has 0 heterocycles. The summed E-state index contributed by atoms with van der Waals surface area (Å²) < 4.78 is 21.1. The van der Waals surface area contributed by atoms with Gasteiger partial charge in [0.1, 0.15) is 5.75 Å². The summed E-state index contributed by atoms with van der Waals surface area (Å²) in [7, 11) is 6.26. The minimum atomic E-state index is -0.200. The Morgan fingerprint density at radius 1 is 0.939 bits per heavy atom. The lowest BCUT2D eigenvalue weighted by molar-refractivity contribution is -0.116. The molecule has 0 saturated carbocycles. The molecular formula is C24H31N3O5S. The van der Waals surface area contributed by atoms with E-state index in [1.165, 1.54) is 6.08 Å². The van der Waals surface area contributed by atoms with Crippen molar-refractivity contribution in [2.24, 2.45) is 5.92 Å². The number of thiocarbonyl (C=S) groups is 1. The van der Waals surface area contributed by atoms with Gasteiger partial charge in [0.05, 0.1) is 28.4 Å². The third kappa shape index (κ3) is 8.19. The Balaban J connectivity index is 1.79. The molecule has 8 nitrogen and oxygen atoms in total. The highest BCUT2D eigenvalue weighted by atomic mass is 32.1. The first-order valence-corrected chi connectivity index (χ1v) is 10.8. The predicted molar refractivity (Wildman–Crippen MR) is 135 cm³/mol. The van der Waals surface area contributed by atoms with Gasteiger partial charge in [0.2, 0.25) is 11.7 Å². The fraction of sp³-hybridized carbons (Fsp3) is 0.333. The van der Waals surface area contributed by atoms with Gasteiger partial charge in [-0.15, -0.1) is 0 Å². The third-order valence-electron chi connectivity index (χ3n) is 4.70. The van der Waals surface area contributed by atoms with Crippen molar-refractivity contribution < 1.29 is 23.7 Å². The predicted octanol–water partition coefficient (Wildman–Crippen LogP) is 3.47. The molecule has 0 aliphatic carbocycles. The average Bonchev–Trinajstić information content (AvgIpc) is 2.84. The summed E-state index contributed by atoms with van der Waals surface area (Å²) in [6.45, 7) is 3.13. The van der Waals surface area contributed by atoms with Crippen molar-refractivity contribution in [3.63, 3.8) is 0 Å². The SMILES string of the molecule is COc1ccc(NC(=S)NCC(C)CNC(=O)/C=C/c2cc(OC)c(OC)c(OC)c2)cc1. The van der Waals surface area contributed by atoms with Crippen LogP contribution >= 0.6 is 12.2 Å². The molecule has 0 spiro atoms. The van der Waals surface area contributed by atoms with Crippen LogP contribution in [0.2, 0.25) is 0 Å². The van der Waals surface area contributed by atoms with E-state index in [-0.39, 0.29) is 11.8 Å². The van der Waals surface area contributed by atoms with Crippen LogP contribution in [0.25, 0.3) is 6.08 Å². The summed E-state index contributed by atoms with van der Waals surface area (Å²) in [6, 6.07) is 11.0. The highest BCUT2D eigenvalue weighted by Crippen LogP contribution is 2.38. The minimum Gasteiger partial charge on any atom is -0.497 e. The van der Waals surface area contributed by atoms with E-state index in [0.717, 1.165) is 17.0 Å². The molecule has 9 heteroatoms. The van der Waals surface area contributed by atoms with Gasteiger partial charge >= 0.3 is 0 Å². The largest absolute Gasteiger partial charge is 0.497 e. The molecule has 2 aromatic rings. The summed E-state index contributed by atoms with van der Waals surface area (Å²) in [5.41, 5.74) is 1.62. The number of nitrogens with one attached hydrogen (secondary N) is 3.